The maximum absolute atomic E-state index is 11.7. The molecule has 0 unspecified atom stereocenters. The van der Waals surface area contributed by atoms with Crippen LogP contribution in [0.5, 0.6) is 0 Å². The Morgan fingerprint density at radius 2 is 1.79 bits per heavy atom. The summed E-state index contributed by atoms with van der Waals surface area (Å²) < 4.78 is 5.01. The summed E-state index contributed by atoms with van der Waals surface area (Å²) in [6.07, 6.45) is 1.32. The second kappa shape index (κ2) is 6.75. The molecule has 0 spiro atoms. The molecule has 0 saturated carbocycles. The summed E-state index contributed by atoms with van der Waals surface area (Å²) in [5.74, 6) is -0.121. The first-order valence-corrected chi connectivity index (χ1v) is 6.36. The van der Waals surface area contributed by atoms with E-state index in [0.29, 0.717) is 5.92 Å². The average molecular weight is 257 g/mol. The van der Waals surface area contributed by atoms with E-state index in [4.69, 9.17) is 10.00 Å². The van der Waals surface area contributed by atoms with Crippen molar-refractivity contribution in [2.75, 3.05) is 0 Å². The summed E-state index contributed by atoms with van der Waals surface area (Å²) in [6, 6.07) is 9.67. The molecule has 1 rings (SSSR count). The van der Waals surface area contributed by atoms with Gasteiger partial charge in [-0.25, -0.2) is 4.79 Å². The minimum atomic E-state index is -0.578. The molecular formula is C16H19NO2. The number of hydrogen-bond acceptors (Lipinski definition) is 3. The Kier molecular flexibility index (Phi) is 5.32. The highest BCUT2D eigenvalue weighted by Gasteiger charge is 2.12. The van der Waals surface area contributed by atoms with Gasteiger partial charge in [-0.3, -0.25) is 0 Å². The third-order valence-electron chi connectivity index (χ3n) is 2.60. The molecule has 0 aliphatic heterocycles. The minimum Gasteiger partial charge on any atom is -0.459 e. The Morgan fingerprint density at radius 1 is 1.21 bits per heavy atom. The zero-order chi connectivity index (χ0) is 14.4. The van der Waals surface area contributed by atoms with Crippen molar-refractivity contribution in [3.63, 3.8) is 0 Å². The van der Waals surface area contributed by atoms with Gasteiger partial charge < -0.3 is 4.74 Å². The predicted octanol–water partition coefficient (Wildman–Crippen LogP) is 3.67. The standard InChI is InChI=1S/C16H19NO2/c1-11(2)14-7-5-13(6-8-14)9-15(10-17)16(18)19-12(3)4/h5-9,11-12H,1-4H3. The van der Waals surface area contributed by atoms with Gasteiger partial charge in [0.15, 0.2) is 0 Å². The van der Waals surface area contributed by atoms with E-state index < -0.39 is 5.97 Å². The molecule has 0 fully saturated rings. The van der Waals surface area contributed by atoms with Gasteiger partial charge in [-0.05, 0) is 37.0 Å². The Labute approximate surface area is 114 Å². The number of hydrogen-bond donors (Lipinski definition) is 0. The molecule has 3 heteroatoms. The van der Waals surface area contributed by atoms with Gasteiger partial charge in [-0.15, -0.1) is 0 Å². The van der Waals surface area contributed by atoms with Crippen molar-refractivity contribution in [3.05, 3.63) is 41.0 Å². The summed E-state index contributed by atoms with van der Waals surface area (Å²) >= 11 is 0. The van der Waals surface area contributed by atoms with E-state index in [0.717, 1.165) is 5.56 Å². The van der Waals surface area contributed by atoms with E-state index in [2.05, 4.69) is 13.8 Å². The van der Waals surface area contributed by atoms with E-state index >= 15 is 0 Å². The Morgan fingerprint density at radius 3 is 2.21 bits per heavy atom. The van der Waals surface area contributed by atoms with Gasteiger partial charge in [0.25, 0.3) is 0 Å². The van der Waals surface area contributed by atoms with Gasteiger partial charge in [0.05, 0.1) is 6.10 Å². The van der Waals surface area contributed by atoms with Gasteiger partial charge >= 0.3 is 5.97 Å². The van der Waals surface area contributed by atoms with Crippen molar-refractivity contribution in [1.82, 2.24) is 0 Å². The smallest absolute Gasteiger partial charge is 0.349 e. The lowest BCUT2D eigenvalue weighted by molar-refractivity contribution is -0.142. The van der Waals surface area contributed by atoms with E-state index in [1.54, 1.807) is 19.9 Å². The first-order valence-electron chi connectivity index (χ1n) is 6.36. The van der Waals surface area contributed by atoms with Gasteiger partial charge in [-0.2, -0.15) is 5.26 Å². The summed E-state index contributed by atoms with van der Waals surface area (Å²) in [5, 5.41) is 8.99. The summed E-state index contributed by atoms with van der Waals surface area (Å²) in [4.78, 5) is 11.7. The number of carbonyl (C=O) groups excluding carboxylic acids is 1. The Bertz CT molecular complexity index is 505. The molecule has 0 aliphatic carbocycles. The van der Waals surface area contributed by atoms with E-state index in [-0.39, 0.29) is 11.7 Å². The van der Waals surface area contributed by atoms with Crippen LogP contribution in [0.3, 0.4) is 0 Å². The first-order chi connectivity index (χ1) is 8.93. The number of benzene rings is 1. The molecule has 0 atom stereocenters. The number of ether oxygens (including phenoxy) is 1. The zero-order valence-electron chi connectivity index (χ0n) is 11.8. The molecule has 100 valence electrons. The van der Waals surface area contributed by atoms with Crippen molar-refractivity contribution in [1.29, 1.82) is 5.26 Å². The lowest BCUT2D eigenvalue weighted by Gasteiger charge is -2.07. The second-order valence-electron chi connectivity index (χ2n) is 4.95. The lowest BCUT2D eigenvalue weighted by atomic mass is 10.0. The fourth-order valence-electron chi connectivity index (χ4n) is 1.56. The molecule has 1 aromatic carbocycles. The molecule has 0 bridgehead atoms. The third kappa shape index (κ3) is 4.59. The van der Waals surface area contributed by atoms with Crippen LogP contribution in [0, 0.1) is 11.3 Å². The number of nitrogens with zero attached hydrogens (tertiary/aromatic N) is 1. The van der Waals surface area contributed by atoms with E-state index in [1.165, 1.54) is 5.56 Å². The molecule has 0 amide bonds. The second-order valence-corrected chi connectivity index (χ2v) is 4.95. The third-order valence-corrected chi connectivity index (χ3v) is 2.60. The zero-order valence-corrected chi connectivity index (χ0v) is 11.8. The molecule has 19 heavy (non-hydrogen) atoms. The number of carbonyl (C=O) groups is 1. The van der Waals surface area contributed by atoms with Crippen LogP contribution >= 0.6 is 0 Å². The molecule has 3 nitrogen and oxygen atoms in total. The molecule has 0 heterocycles. The summed E-state index contributed by atoms with van der Waals surface area (Å²) in [7, 11) is 0. The van der Waals surface area contributed by atoms with Gasteiger partial charge in [0.1, 0.15) is 11.6 Å². The highest BCUT2D eigenvalue weighted by atomic mass is 16.5. The fraction of sp³-hybridized carbons (Fsp3) is 0.375. The summed E-state index contributed by atoms with van der Waals surface area (Å²) in [5.41, 5.74) is 2.06. The Balaban J connectivity index is 2.92. The van der Waals surface area contributed by atoms with Crippen molar-refractivity contribution >= 4 is 12.0 Å². The van der Waals surface area contributed by atoms with Crippen LogP contribution in [0.2, 0.25) is 0 Å². The largest absolute Gasteiger partial charge is 0.459 e. The summed E-state index contributed by atoms with van der Waals surface area (Å²) in [6.45, 7) is 7.74. The Hall–Kier alpha value is -2.08. The highest BCUT2D eigenvalue weighted by molar-refractivity contribution is 5.97. The van der Waals surface area contributed by atoms with Crippen molar-refractivity contribution < 1.29 is 9.53 Å². The van der Waals surface area contributed by atoms with Crippen LogP contribution in [0.25, 0.3) is 6.08 Å². The van der Waals surface area contributed by atoms with E-state index in [1.807, 2.05) is 30.3 Å². The van der Waals surface area contributed by atoms with Crippen LogP contribution in [-0.2, 0) is 9.53 Å². The first kappa shape index (κ1) is 15.0. The van der Waals surface area contributed by atoms with Crippen LogP contribution in [-0.4, -0.2) is 12.1 Å². The monoisotopic (exact) mass is 257 g/mol. The number of nitriles is 1. The van der Waals surface area contributed by atoms with Crippen LogP contribution in [0.1, 0.15) is 44.7 Å². The molecule has 0 saturated heterocycles. The lowest BCUT2D eigenvalue weighted by Crippen LogP contribution is -2.12. The van der Waals surface area contributed by atoms with Crippen molar-refractivity contribution in [2.24, 2.45) is 0 Å². The van der Waals surface area contributed by atoms with Crippen LogP contribution in [0.4, 0.5) is 0 Å². The van der Waals surface area contributed by atoms with Crippen molar-refractivity contribution in [3.8, 4) is 6.07 Å². The van der Waals surface area contributed by atoms with Gasteiger partial charge in [0, 0.05) is 0 Å². The molecule has 0 N–H and O–H groups in total. The SMILES string of the molecule is CC(C)OC(=O)C(C#N)=Cc1ccc(C(C)C)cc1. The molecule has 0 aromatic heterocycles. The average Bonchev–Trinajstić information content (AvgIpc) is 2.35. The van der Waals surface area contributed by atoms with Crippen molar-refractivity contribution in [2.45, 2.75) is 39.7 Å². The van der Waals surface area contributed by atoms with E-state index in [9.17, 15) is 4.79 Å². The van der Waals surface area contributed by atoms with Crippen LogP contribution < -0.4 is 0 Å². The minimum absolute atomic E-state index is 0.0194. The quantitative estimate of drug-likeness (QED) is 0.470. The predicted molar refractivity (Wildman–Crippen MR) is 75.3 cm³/mol. The van der Waals surface area contributed by atoms with Gasteiger partial charge in [-0.1, -0.05) is 38.1 Å². The molecular weight excluding hydrogens is 238 g/mol. The number of esters is 1. The topological polar surface area (TPSA) is 50.1 Å². The highest BCUT2D eigenvalue weighted by Crippen LogP contribution is 2.16. The maximum atomic E-state index is 11.7. The molecule has 0 aliphatic rings. The normalized spacial score (nSPS) is 11.5. The fourth-order valence-corrected chi connectivity index (χ4v) is 1.56. The molecule has 0 radical (unpaired) electrons. The van der Waals surface area contributed by atoms with Gasteiger partial charge in [0.2, 0.25) is 0 Å². The maximum Gasteiger partial charge on any atom is 0.349 e. The number of rotatable bonds is 4. The van der Waals surface area contributed by atoms with Crippen LogP contribution in [0.15, 0.2) is 29.8 Å². The molecule has 1 aromatic rings.